The molecule has 0 amide bonds. The number of fused-ring (bicyclic) bond motifs is 1. The SMILES string of the molecule is Cc1cccc(Cn2cnc3c(cnn3C(C)(C)C)c2=O)c1F. The number of rotatable bonds is 2. The van der Waals surface area contributed by atoms with Crippen molar-refractivity contribution in [3.05, 3.63) is 58.0 Å². The van der Waals surface area contributed by atoms with Crippen LogP contribution in [-0.2, 0) is 12.1 Å². The van der Waals surface area contributed by atoms with Crippen molar-refractivity contribution in [1.29, 1.82) is 0 Å². The molecular formula is C17H19FN4O. The average Bonchev–Trinajstić information content (AvgIpc) is 2.91. The molecule has 0 unspecified atom stereocenters. The first-order valence-electron chi connectivity index (χ1n) is 7.46. The monoisotopic (exact) mass is 314 g/mol. The zero-order valence-electron chi connectivity index (χ0n) is 13.7. The van der Waals surface area contributed by atoms with Crippen LogP contribution in [0.1, 0.15) is 31.9 Å². The first-order valence-corrected chi connectivity index (χ1v) is 7.46. The van der Waals surface area contributed by atoms with Crippen LogP contribution in [0.4, 0.5) is 4.39 Å². The van der Waals surface area contributed by atoms with E-state index in [0.29, 0.717) is 22.2 Å². The second kappa shape index (κ2) is 5.30. The van der Waals surface area contributed by atoms with Crippen molar-refractivity contribution in [2.75, 3.05) is 0 Å². The molecule has 0 aliphatic carbocycles. The molecule has 2 aromatic heterocycles. The lowest BCUT2D eigenvalue weighted by molar-refractivity contribution is 0.365. The van der Waals surface area contributed by atoms with Crippen LogP contribution in [0.25, 0.3) is 11.0 Å². The highest BCUT2D eigenvalue weighted by Gasteiger charge is 2.20. The molecule has 23 heavy (non-hydrogen) atoms. The van der Waals surface area contributed by atoms with Gasteiger partial charge in [-0.25, -0.2) is 14.1 Å². The molecule has 5 nitrogen and oxygen atoms in total. The van der Waals surface area contributed by atoms with Gasteiger partial charge in [0.15, 0.2) is 5.65 Å². The molecule has 0 aliphatic rings. The van der Waals surface area contributed by atoms with E-state index in [1.54, 1.807) is 29.8 Å². The van der Waals surface area contributed by atoms with E-state index in [1.807, 2.05) is 20.8 Å². The van der Waals surface area contributed by atoms with Crippen LogP contribution in [0.5, 0.6) is 0 Å². The van der Waals surface area contributed by atoms with Crippen molar-refractivity contribution in [1.82, 2.24) is 19.3 Å². The van der Waals surface area contributed by atoms with Gasteiger partial charge in [0.2, 0.25) is 0 Å². The molecule has 0 spiro atoms. The van der Waals surface area contributed by atoms with Crippen molar-refractivity contribution in [3.8, 4) is 0 Å². The van der Waals surface area contributed by atoms with Crippen LogP contribution in [0.3, 0.4) is 0 Å². The molecule has 6 heteroatoms. The standard InChI is InChI=1S/C17H19FN4O/c1-11-6-5-7-12(14(11)18)9-21-10-19-15-13(16(21)23)8-20-22(15)17(2,3)4/h5-8,10H,9H2,1-4H3. The summed E-state index contributed by atoms with van der Waals surface area (Å²) >= 11 is 0. The Kier molecular flexibility index (Phi) is 3.55. The van der Waals surface area contributed by atoms with Crippen LogP contribution >= 0.6 is 0 Å². The van der Waals surface area contributed by atoms with E-state index in [2.05, 4.69) is 10.1 Å². The van der Waals surface area contributed by atoms with Gasteiger partial charge in [-0.15, -0.1) is 0 Å². The Morgan fingerprint density at radius 2 is 2.00 bits per heavy atom. The first kappa shape index (κ1) is 15.4. The Balaban J connectivity index is 2.09. The number of halogens is 1. The summed E-state index contributed by atoms with van der Waals surface area (Å²) in [6.07, 6.45) is 2.98. The molecule has 0 atom stereocenters. The minimum atomic E-state index is -0.287. The van der Waals surface area contributed by atoms with E-state index in [4.69, 9.17) is 0 Å². The summed E-state index contributed by atoms with van der Waals surface area (Å²) in [6.45, 7) is 7.84. The van der Waals surface area contributed by atoms with Crippen LogP contribution in [-0.4, -0.2) is 19.3 Å². The Bertz CT molecular complexity index is 934. The summed E-state index contributed by atoms with van der Waals surface area (Å²) < 4.78 is 17.3. The summed E-state index contributed by atoms with van der Waals surface area (Å²) in [4.78, 5) is 17.0. The predicted molar refractivity (Wildman–Crippen MR) is 87.0 cm³/mol. The molecule has 0 bridgehead atoms. The topological polar surface area (TPSA) is 52.7 Å². The lowest BCUT2D eigenvalue weighted by Crippen LogP contribution is -2.25. The van der Waals surface area contributed by atoms with Crippen LogP contribution in [0.15, 0.2) is 35.5 Å². The zero-order chi connectivity index (χ0) is 16.8. The Morgan fingerprint density at radius 1 is 1.26 bits per heavy atom. The van der Waals surface area contributed by atoms with Gasteiger partial charge in [-0.1, -0.05) is 18.2 Å². The predicted octanol–water partition coefficient (Wildman–Crippen LogP) is 2.84. The van der Waals surface area contributed by atoms with Crippen LogP contribution in [0, 0.1) is 12.7 Å². The number of hydrogen-bond acceptors (Lipinski definition) is 3. The van der Waals surface area contributed by atoms with Gasteiger partial charge in [0.25, 0.3) is 5.56 Å². The Labute approximate surface area is 133 Å². The first-order chi connectivity index (χ1) is 10.8. The smallest absolute Gasteiger partial charge is 0.264 e. The third-order valence-corrected chi connectivity index (χ3v) is 3.80. The third-order valence-electron chi connectivity index (χ3n) is 3.80. The molecule has 2 heterocycles. The van der Waals surface area contributed by atoms with E-state index in [9.17, 15) is 9.18 Å². The summed E-state index contributed by atoms with van der Waals surface area (Å²) in [6, 6.07) is 5.16. The minimum Gasteiger partial charge on any atom is -0.294 e. The number of hydrogen-bond donors (Lipinski definition) is 0. The van der Waals surface area contributed by atoms with E-state index < -0.39 is 0 Å². The van der Waals surface area contributed by atoms with Gasteiger partial charge in [-0.3, -0.25) is 9.36 Å². The fourth-order valence-electron chi connectivity index (χ4n) is 2.57. The molecule has 0 N–H and O–H groups in total. The van der Waals surface area contributed by atoms with E-state index in [0.717, 1.165) is 0 Å². The third kappa shape index (κ3) is 2.65. The highest BCUT2D eigenvalue weighted by Crippen LogP contribution is 2.18. The summed E-state index contributed by atoms with van der Waals surface area (Å²) in [5, 5.41) is 4.71. The second-order valence-corrected chi connectivity index (χ2v) is 6.69. The molecular weight excluding hydrogens is 295 g/mol. The van der Waals surface area contributed by atoms with E-state index in [1.165, 1.54) is 17.1 Å². The molecule has 0 radical (unpaired) electrons. The molecule has 1 aromatic carbocycles. The highest BCUT2D eigenvalue weighted by molar-refractivity contribution is 5.73. The van der Waals surface area contributed by atoms with Gasteiger partial charge in [0, 0.05) is 5.56 Å². The summed E-state index contributed by atoms with van der Waals surface area (Å²) in [5.74, 6) is -0.287. The van der Waals surface area contributed by atoms with Gasteiger partial charge in [-0.05, 0) is 33.3 Å². The lowest BCUT2D eigenvalue weighted by Gasteiger charge is -2.19. The fraction of sp³-hybridized carbons (Fsp3) is 0.353. The number of nitrogens with zero attached hydrogens (tertiary/aromatic N) is 4. The maximum Gasteiger partial charge on any atom is 0.264 e. The largest absolute Gasteiger partial charge is 0.294 e. The zero-order valence-corrected chi connectivity index (χ0v) is 13.7. The maximum atomic E-state index is 14.1. The average molecular weight is 314 g/mol. The van der Waals surface area contributed by atoms with Crippen LogP contribution < -0.4 is 5.56 Å². The van der Waals surface area contributed by atoms with E-state index >= 15 is 0 Å². The molecule has 0 aliphatic heterocycles. The molecule has 3 aromatic rings. The summed E-state index contributed by atoms with van der Waals surface area (Å²) in [5.41, 5.74) is 1.09. The molecule has 0 fully saturated rings. The molecule has 0 saturated heterocycles. The normalized spacial score (nSPS) is 12.0. The van der Waals surface area contributed by atoms with Gasteiger partial charge in [-0.2, -0.15) is 5.10 Å². The van der Waals surface area contributed by atoms with Crippen molar-refractivity contribution in [2.45, 2.75) is 39.8 Å². The number of aryl methyl sites for hydroxylation is 1. The Morgan fingerprint density at radius 3 is 2.70 bits per heavy atom. The number of aromatic nitrogens is 4. The van der Waals surface area contributed by atoms with Gasteiger partial charge in [0.05, 0.1) is 18.3 Å². The van der Waals surface area contributed by atoms with Crippen molar-refractivity contribution in [2.24, 2.45) is 0 Å². The van der Waals surface area contributed by atoms with Crippen molar-refractivity contribution >= 4 is 11.0 Å². The fourth-order valence-corrected chi connectivity index (χ4v) is 2.57. The van der Waals surface area contributed by atoms with Gasteiger partial charge in [0.1, 0.15) is 17.5 Å². The second-order valence-electron chi connectivity index (χ2n) is 6.69. The molecule has 0 saturated carbocycles. The molecule has 120 valence electrons. The maximum absolute atomic E-state index is 14.1. The van der Waals surface area contributed by atoms with Crippen LogP contribution in [0.2, 0.25) is 0 Å². The lowest BCUT2D eigenvalue weighted by atomic mass is 10.1. The van der Waals surface area contributed by atoms with Crippen molar-refractivity contribution in [3.63, 3.8) is 0 Å². The van der Waals surface area contributed by atoms with E-state index in [-0.39, 0.29) is 23.5 Å². The Hall–Kier alpha value is -2.50. The highest BCUT2D eigenvalue weighted by atomic mass is 19.1. The minimum absolute atomic E-state index is 0.149. The van der Waals surface area contributed by atoms with Gasteiger partial charge >= 0.3 is 0 Å². The molecule has 3 rings (SSSR count). The van der Waals surface area contributed by atoms with Gasteiger partial charge < -0.3 is 0 Å². The van der Waals surface area contributed by atoms with Crippen molar-refractivity contribution < 1.29 is 4.39 Å². The summed E-state index contributed by atoms with van der Waals surface area (Å²) in [7, 11) is 0. The number of benzene rings is 1. The quantitative estimate of drug-likeness (QED) is 0.731.